The van der Waals surface area contributed by atoms with E-state index in [2.05, 4.69) is 20.2 Å². The van der Waals surface area contributed by atoms with Crippen LogP contribution in [0.3, 0.4) is 0 Å². The van der Waals surface area contributed by atoms with E-state index in [0.717, 1.165) is 24.6 Å². The van der Waals surface area contributed by atoms with Crippen LogP contribution in [-0.2, 0) is 6.54 Å². The third kappa shape index (κ3) is 3.56. The Balaban J connectivity index is 1.68. The summed E-state index contributed by atoms with van der Waals surface area (Å²) < 4.78 is 0.605. The van der Waals surface area contributed by atoms with Crippen LogP contribution in [0.15, 0.2) is 18.2 Å². The number of nitrogens with one attached hydrogen (secondary N) is 1. The summed E-state index contributed by atoms with van der Waals surface area (Å²) >= 11 is 7.11. The molecule has 1 aliphatic heterocycles. The highest BCUT2D eigenvalue weighted by atomic mass is 35.5. The van der Waals surface area contributed by atoms with Crippen LogP contribution in [0.5, 0.6) is 0 Å². The number of aryl methyl sites for hydroxylation is 1. The first-order valence-corrected chi connectivity index (χ1v) is 8.44. The first-order valence-electron chi connectivity index (χ1n) is 7.25. The van der Waals surface area contributed by atoms with Gasteiger partial charge in [-0.25, -0.2) is 9.97 Å². The summed E-state index contributed by atoms with van der Waals surface area (Å²) in [5.74, 6) is 1.44. The van der Waals surface area contributed by atoms with Crippen molar-refractivity contribution in [3.8, 4) is 0 Å². The molecule has 116 valence electrons. The molecule has 0 radical (unpaired) electrons. The van der Waals surface area contributed by atoms with Crippen molar-refractivity contribution < 1.29 is 4.79 Å². The maximum atomic E-state index is 12.0. The second-order valence-corrected chi connectivity index (χ2v) is 6.98. The Morgan fingerprint density at radius 2 is 2.14 bits per heavy atom. The number of amides is 1. The van der Waals surface area contributed by atoms with Gasteiger partial charge in [-0.3, -0.25) is 4.79 Å². The molecule has 1 N–H and O–H groups in total. The molecular weight excluding hydrogens is 320 g/mol. The number of carbonyl (C=O) groups excluding carboxylic acids is 1. The van der Waals surface area contributed by atoms with Crippen LogP contribution in [0.2, 0.25) is 4.34 Å². The second-order valence-electron chi connectivity index (χ2n) is 5.26. The molecule has 2 aromatic heterocycles. The van der Waals surface area contributed by atoms with Crippen LogP contribution < -0.4 is 10.2 Å². The van der Waals surface area contributed by atoms with Gasteiger partial charge in [-0.2, -0.15) is 0 Å². The Morgan fingerprint density at radius 1 is 1.36 bits per heavy atom. The number of aromatic nitrogens is 2. The number of halogens is 1. The average Bonchev–Trinajstić information content (AvgIpc) is 3.15. The van der Waals surface area contributed by atoms with Gasteiger partial charge < -0.3 is 10.2 Å². The molecule has 0 saturated carbocycles. The molecule has 1 aliphatic rings. The molecule has 0 atom stereocenters. The summed E-state index contributed by atoms with van der Waals surface area (Å²) in [6.45, 7) is 4.34. The largest absolute Gasteiger partial charge is 0.357 e. The first-order chi connectivity index (χ1) is 10.6. The quantitative estimate of drug-likeness (QED) is 0.932. The van der Waals surface area contributed by atoms with Crippen LogP contribution in [0.1, 0.15) is 34.0 Å². The van der Waals surface area contributed by atoms with E-state index in [1.54, 1.807) is 12.1 Å². The van der Waals surface area contributed by atoms with Crippen molar-refractivity contribution >= 4 is 34.7 Å². The van der Waals surface area contributed by atoms with Gasteiger partial charge in [0.2, 0.25) is 0 Å². The zero-order chi connectivity index (χ0) is 15.5. The Kier molecular flexibility index (Phi) is 4.59. The van der Waals surface area contributed by atoms with Gasteiger partial charge in [-0.1, -0.05) is 11.6 Å². The fraction of sp³-hybridized carbons (Fsp3) is 0.400. The van der Waals surface area contributed by atoms with Gasteiger partial charge in [0.15, 0.2) is 0 Å². The average molecular weight is 337 g/mol. The summed E-state index contributed by atoms with van der Waals surface area (Å²) in [4.78, 5) is 23.9. The highest BCUT2D eigenvalue weighted by Crippen LogP contribution is 2.21. The van der Waals surface area contributed by atoms with Gasteiger partial charge >= 0.3 is 0 Å². The highest BCUT2D eigenvalue weighted by molar-refractivity contribution is 7.17. The number of thiophene rings is 1. The standard InChI is InChI=1S/C15H17ClN4OS/c1-10-8-14(20-6-2-3-7-20)19-13(18-10)9-17-15(21)11-4-5-12(16)22-11/h4-5,8H,2-3,6-7,9H2,1H3,(H,17,21). The van der Waals surface area contributed by atoms with Crippen molar-refractivity contribution in [2.24, 2.45) is 0 Å². The maximum absolute atomic E-state index is 12.0. The summed E-state index contributed by atoms with van der Waals surface area (Å²) in [6.07, 6.45) is 2.41. The lowest BCUT2D eigenvalue weighted by Gasteiger charge is -2.17. The second kappa shape index (κ2) is 6.62. The normalized spacial score (nSPS) is 14.4. The Bertz CT molecular complexity index is 682. The minimum Gasteiger partial charge on any atom is -0.357 e. The lowest BCUT2D eigenvalue weighted by molar-refractivity contribution is 0.0954. The van der Waals surface area contributed by atoms with E-state index in [4.69, 9.17) is 11.6 Å². The van der Waals surface area contributed by atoms with Crippen molar-refractivity contribution in [2.45, 2.75) is 26.3 Å². The molecular formula is C15H17ClN4OS. The number of rotatable bonds is 4. The molecule has 1 amide bonds. The van der Waals surface area contributed by atoms with Crippen LogP contribution in [0.25, 0.3) is 0 Å². The Labute approximate surface area is 138 Å². The minimum atomic E-state index is -0.148. The predicted octanol–water partition coefficient (Wildman–Crippen LogP) is 3.03. The zero-order valence-electron chi connectivity index (χ0n) is 12.3. The van der Waals surface area contributed by atoms with Gasteiger partial charge in [0.05, 0.1) is 15.8 Å². The molecule has 0 bridgehead atoms. The molecule has 3 rings (SSSR count). The lowest BCUT2D eigenvalue weighted by Crippen LogP contribution is -2.25. The molecule has 0 aliphatic carbocycles. The van der Waals surface area contributed by atoms with E-state index in [-0.39, 0.29) is 5.91 Å². The number of hydrogen-bond acceptors (Lipinski definition) is 5. The highest BCUT2D eigenvalue weighted by Gasteiger charge is 2.15. The van der Waals surface area contributed by atoms with Crippen LogP contribution in [-0.4, -0.2) is 29.0 Å². The molecule has 5 nitrogen and oxygen atoms in total. The molecule has 22 heavy (non-hydrogen) atoms. The minimum absolute atomic E-state index is 0.148. The zero-order valence-corrected chi connectivity index (χ0v) is 13.9. The lowest BCUT2D eigenvalue weighted by atomic mass is 10.3. The van der Waals surface area contributed by atoms with Gasteiger partial charge in [-0.05, 0) is 31.9 Å². The van der Waals surface area contributed by atoms with Crippen molar-refractivity contribution in [3.63, 3.8) is 0 Å². The molecule has 0 aromatic carbocycles. The van der Waals surface area contributed by atoms with Crippen LogP contribution >= 0.6 is 22.9 Å². The van der Waals surface area contributed by atoms with Crippen molar-refractivity contribution in [3.05, 3.63) is 38.9 Å². The summed E-state index contributed by atoms with van der Waals surface area (Å²) in [5, 5.41) is 2.84. The predicted molar refractivity (Wildman–Crippen MR) is 88.7 cm³/mol. The number of hydrogen-bond donors (Lipinski definition) is 1. The molecule has 7 heteroatoms. The van der Waals surface area contributed by atoms with E-state index in [0.29, 0.717) is 21.6 Å². The fourth-order valence-electron chi connectivity index (χ4n) is 2.48. The third-order valence-electron chi connectivity index (χ3n) is 3.52. The first kappa shape index (κ1) is 15.2. The number of anilines is 1. The van der Waals surface area contributed by atoms with Crippen molar-refractivity contribution in [2.75, 3.05) is 18.0 Å². The Morgan fingerprint density at radius 3 is 2.82 bits per heavy atom. The van der Waals surface area contributed by atoms with E-state index >= 15 is 0 Å². The van der Waals surface area contributed by atoms with E-state index in [1.807, 2.05) is 13.0 Å². The molecule has 2 aromatic rings. The number of carbonyl (C=O) groups is 1. The van der Waals surface area contributed by atoms with Gasteiger partial charge in [-0.15, -0.1) is 11.3 Å². The number of nitrogens with zero attached hydrogens (tertiary/aromatic N) is 3. The summed E-state index contributed by atoms with van der Waals surface area (Å²) in [5.41, 5.74) is 0.917. The van der Waals surface area contributed by atoms with Gasteiger partial charge in [0.1, 0.15) is 11.6 Å². The van der Waals surface area contributed by atoms with Gasteiger partial charge in [0, 0.05) is 24.8 Å². The third-order valence-corrected chi connectivity index (χ3v) is 4.75. The molecule has 0 unspecified atom stereocenters. The van der Waals surface area contributed by atoms with Crippen molar-refractivity contribution in [1.29, 1.82) is 0 Å². The van der Waals surface area contributed by atoms with E-state index in [9.17, 15) is 4.79 Å². The summed E-state index contributed by atoms with van der Waals surface area (Å²) in [6, 6.07) is 5.43. The van der Waals surface area contributed by atoms with E-state index < -0.39 is 0 Å². The SMILES string of the molecule is Cc1cc(N2CCCC2)nc(CNC(=O)c2ccc(Cl)s2)n1. The molecule has 1 saturated heterocycles. The molecule has 0 spiro atoms. The van der Waals surface area contributed by atoms with Crippen molar-refractivity contribution in [1.82, 2.24) is 15.3 Å². The molecule has 1 fully saturated rings. The van der Waals surface area contributed by atoms with Crippen LogP contribution in [0.4, 0.5) is 5.82 Å². The topological polar surface area (TPSA) is 58.1 Å². The van der Waals surface area contributed by atoms with Crippen LogP contribution in [0, 0.1) is 6.92 Å². The monoisotopic (exact) mass is 336 g/mol. The smallest absolute Gasteiger partial charge is 0.261 e. The summed E-state index contributed by atoms with van der Waals surface area (Å²) in [7, 11) is 0. The van der Waals surface area contributed by atoms with Gasteiger partial charge in [0.25, 0.3) is 5.91 Å². The Hall–Kier alpha value is -1.66. The fourth-order valence-corrected chi connectivity index (χ4v) is 3.44. The molecule has 3 heterocycles. The maximum Gasteiger partial charge on any atom is 0.261 e. The van der Waals surface area contributed by atoms with E-state index in [1.165, 1.54) is 24.2 Å².